The molecule has 0 aliphatic heterocycles. The summed E-state index contributed by atoms with van der Waals surface area (Å²) >= 11 is 9.25. The Hall–Kier alpha value is -1.04. The van der Waals surface area contributed by atoms with Crippen LogP contribution in [0.3, 0.4) is 0 Å². The van der Waals surface area contributed by atoms with Crippen molar-refractivity contribution in [3.63, 3.8) is 0 Å². The predicted molar refractivity (Wildman–Crippen MR) is 81.0 cm³/mol. The van der Waals surface area contributed by atoms with Crippen molar-refractivity contribution < 1.29 is 13.2 Å². The first-order chi connectivity index (χ1) is 9.93. The zero-order valence-corrected chi connectivity index (χ0v) is 13.4. The van der Waals surface area contributed by atoms with Crippen LogP contribution in [-0.4, -0.2) is 6.54 Å². The Morgan fingerprint density at radius 3 is 2.33 bits per heavy atom. The summed E-state index contributed by atoms with van der Waals surface area (Å²) in [5, 5.41) is 3.58. The van der Waals surface area contributed by atoms with Gasteiger partial charge in [0.05, 0.1) is 6.04 Å². The van der Waals surface area contributed by atoms with E-state index < -0.39 is 23.5 Å². The van der Waals surface area contributed by atoms with Crippen LogP contribution in [0, 0.1) is 17.5 Å². The number of nitrogens with one attached hydrogen (secondary N) is 1. The molecule has 21 heavy (non-hydrogen) atoms. The molecule has 112 valence electrons. The fourth-order valence-electron chi connectivity index (χ4n) is 2.09. The zero-order chi connectivity index (χ0) is 15.6. The van der Waals surface area contributed by atoms with Gasteiger partial charge in [0.2, 0.25) is 0 Å². The highest BCUT2D eigenvalue weighted by Crippen LogP contribution is 2.32. The Morgan fingerprint density at radius 1 is 1.05 bits per heavy atom. The van der Waals surface area contributed by atoms with E-state index in [2.05, 4.69) is 21.2 Å². The van der Waals surface area contributed by atoms with Gasteiger partial charge < -0.3 is 5.32 Å². The van der Waals surface area contributed by atoms with Gasteiger partial charge in [0.15, 0.2) is 11.6 Å². The van der Waals surface area contributed by atoms with Crippen LogP contribution in [0.1, 0.15) is 24.1 Å². The topological polar surface area (TPSA) is 12.0 Å². The summed E-state index contributed by atoms with van der Waals surface area (Å²) < 4.78 is 41.2. The van der Waals surface area contributed by atoms with E-state index in [1.165, 1.54) is 0 Å². The molecule has 0 spiro atoms. The number of hydrogen-bond acceptors (Lipinski definition) is 1. The number of halogens is 5. The van der Waals surface area contributed by atoms with E-state index in [4.69, 9.17) is 11.6 Å². The third-order valence-corrected chi connectivity index (χ3v) is 3.95. The lowest BCUT2D eigenvalue weighted by Crippen LogP contribution is -2.23. The molecule has 0 fully saturated rings. The molecular formula is C15H12BrClF3N. The largest absolute Gasteiger partial charge is 0.306 e. The molecule has 2 aromatic rings. The molecule has 1 unspecified atom stereocenters. The van der Waals surface area contributed by atoms with Crippen LogP contribution < -0.4 is 5.32 Å². The van der Waals surface area contributed by atoms with Crippen LogP contribution in [-0.2, 0) is 0 Å². The molecular weight excluding hydrogens is 367 g/mol. The van der Waals surface area contributed by atoms with Crippen LogP contribution in [0.5, 0.6) is 0 Å². The average Bonchev–Trinajstić information content (AvgIpc) is 2.41. The van der Waals surface area contributed by atoms with Gasteiger partial charge in [-0.3, -0.25) is 0 Å². The second-order valence-corrected chi connectivity index (χ2v) is 5.74. The van der Waals surface area contributed by atoms with Gasteiger partial charge in [-0.15, -0.1) is 0 Å². The van der Waals surface area contributed by atoms with Gasteiger partial charge in [0.1, 0.15) is 5.82 Å². The van der Waals surface area contributed by atoms with Gasteiger partial charge in [-0.2, -0.15) is 0 Å². The van der Waals surface area contributed by atoms with E-state index in [9.17, 15) is 13.2 Å². The molecule has 0 aromatic heterocycles. The molecule has 0 aliphatic rings. The number of benzene rings is 2. The molecule has 0 saturated carbocycles. The van der Waals surface area contributed by atoms with Crippen LogP contribution in [0.15, 0.2) is 34.8 Å². The van der Waals surface area contributed by atoms with Gasteiger partial charge in [0, 0.05) is 21.1 Å². The lowest BCUT2D eigenvalue weighted by atomic mass is 9.98. The van der Waals surface area contributed by atoms with Crippen molar-refractivity contribution in [2.75, 3.05) is 6.54 Å². The molecule has 0 amide bonds. The van der Waals surface area contributed by atoms with E-state index in [1.807, 2.05) is 6.92 Å². The van der Waals surface area contributed by atoms with Crippen molar-refractivity contribution in [3.05, 3.63) is 68.4 Å². The average molecular weight is 379 g/mol. The molecule has 0 heterocycles. The second kappa shape index (κ2) is 6.81. The first-order valence-electron chi connectivity index (χ1n) is 6.26. The van der Waals surface area contributed by atoms with Crippen molar-refractivity contribution in [3.8, 4) is 0 Å². The Morgan fingerprint density at radius 2 is 1.71 bits per heavy atom. The minimum Gasteiger partial charge on any atom is -0.306 e. The minimum absolute atomic E-state index is 0.0405. The van der Waals surface area contributed by atoms with Gasteiger partial charge >= 0.3 is 0 Å². The third kappa shape index (κ3) is 3.59. The molecule has 2 rings (SSSR count). The van der Waals surface area contributed by atoms with Crippen LogP contribution in [0.25, 0.3) is 0 Å². The second-order valence-electron chi connectivity index (χ2n) is 4.44. The highest BCUT2D eigenvalue weighted by atomic mass is 79.9. The third-order valence-electron chi connectivity index (χ3n) is 3.03. The van der Waals surface area contributed by atoms with E-state index in [0.717, 1.165) is 6.07 Å². The minimum atomic E-state index is -1.21. The fraction of sp³-hybridized carbons (Fsp3) is 0.200. The number of hydrogen-bond donors (Lipinski definition) is 1. The highest BCUT2D eigenvalue weighted by Gasteiger charge is 2.21. The van der Waals surface area contributed by atoms with Crippen LogP contribution >= 0.6 is 27.5 Å². The van der Waals surface area contributed by atoms with E-state index in [1.54, 1.807) is 18.2 Å². The zero-order valence-electron chi connectivity index (χ0n) is 11.1. The first-order valence-corrected chi connectivity index (χ1v) is 7.44. The Balaban J connectivity index is 2.55. The summed E-state index contributed by atoms with van der Waals surface area (Å²) in [5.41, 5.74) is 0.727. The maximum Gasteiger partial charge on any atom is 0.161 e. The van der Waals surface area contributed by atoms with Crippen molar-refractivity contribution in [1.82, 2.24) is 5.32 Å². The smallest absolute Gasteiger partial charge is 0.161 e. The van der Waals surface area contributed by atoms with Crippen molar-refractivity contribution in [2.45, 2.75) is 13.0 Å². The molecule has 2 aromatic carbocycles. The standard InChI is InChI=1S/C15H12BrClF3N/c1-2-21-15(9-4-3-8(17)5-11(9)16)10-6-13(19)14(20)7-12(10)18/h3-7,15,21H,2H2,1H3. The molecule has 0 bridgehead atoms. The van der Waals surface area contributed by atoms with Gasteiger partial charge in [-0.25, -0.2) is 13.2 Å². The monoisotopic (exact) mass is 377 g/mol. The van der Waals surface area contributed by atoms with E-state index in [0.29, 0.717) is 27.7 Å². The summed E-state index contributed by atoms with van der Waals surface area (Å²) in [4.78, 5) is 0. The molecule has 1 nitrogen and oxygen atoms in total. The maximum atomic E-state index is 14.0. The van der Waals surface area contributed by atoms with Crippen molar-refractivity contribution >= 4 is 27.5 Å². The fourth-order valence-corrected chi connectivity index (χ4v) is 3.00. The predicted octanol–water partition coefficient (Wildman–Crippen LogP) is 5.22. The molecule has 1 atom stereocenters. The van der Waals surface area contributed by atoms with Gasteiger partial charge in [-0.05, 0) is 30.3 Å². The lowest BCUT2D eigenvalue weighted by molar-refractivity contribution is 0.481. The van der Waals surface area contributed by atoms with Crippen molar-refractivity contribution in [2.24, 2.45) is 0 Å². The summed E-state index contributed by atoms with van der Waals surface area (Å²) in [6.07, 6.45) is 0. The van der Waals surface area contributed by atoms with E-state index >= 15 is 0 Å². The Labute approximate surface area is 134 Å². The molecule has 1 N–H and O–H groups in total. The Bertz CT molecular complexity index is 664. The highest BCUT2D eigenvalue weighted by molar-refractivity contribution is 9.10. The summed E-state index contributed by atoms with van der Waals surface area (Å²) in [5.74, 6) is -3.09. The normalized spacial score (nSPS) is 12.5. The summed E-state index contributed by atoms with van der Waals surface area (Å²) in [7, 11) is 0. The van der Waals surface area contributed by atoms with Gasteiger partial charge in [0.25, 0.3) is 0 Å². The van der Waals surface area contributed by atoms with Gasteiger partial charge in [-0.1, -0.05) is 40.5 Å². The summed E-state index contributed by atoms with van der Waals surface area (Å²) in [6.45, 7) is 2.37. The van der Waals surface area contributed by atoms with Crippen LogP contribution in [0.2, 0.25) is 5.02 Å². The molecule has 0 radical (unpaired) electrons. The quantitative estimate of drug-likeness (QED) is 0.719. The molecule has 0 saturated heterocycles. The molecule has 0 aliphatic carbocycles. The molecule has 6 heteroatoms. The van der Waals surface area contributed by atoms with E-state index in [-0.39, 0.29) is 5.56 Å². The Kier molecular flexibility index (Phi) is 5.30. The first kappa shape index (κ1) is 16.3. The number of rotatable bonds is 4. The van der Waals surface area contributed by atoms with Crippen LogP contribution in [0.4, 0.5) is 13.2 Å². The summed E-state index contributed by atoms with van der Waals surface area (Å²) in [6, 6.07) is 5.85. The van der Waals surface area contributed by atoms with Crippen molar-refractivity contribution in [1.29, 1.82) is 0 Å². The maximum absolute atomic E-state index is 14.0. The lowest BCUT2D eigenvalue weighted by Gasteiger charge is -2.21. The SMILES string of the molecule is CCNC(c1cc(F)c(F)cc1F)c1ccc(Cl)cc1Br.